The number of benzene rings is 1. The van der Waals surface area contributed by atoms with Crippen molar-refractivity contribution < 1.29 is 18.7 Å². The van der Waals surface area contributed by atoms with Gasteiger partial charge >= 0.3 is 0 Å². The van der Waals surface area contributed by atoms with Gasteiger partial charge in [-0.25, -0.2) is 0 Å². The third kappa shape index (κ3) is 9.09. The van der Waals surface area contributed by atoms with Crippen molar-refractivity contribution in [1.82, 2.24) is 0 Å². The van der Waals surface area contributed by atoms with Crippen LogP contribution in [0.2, 0.25) is 0 Å². The van der Waals surface area contributed by atoms with Crippen LogP contribution in [0.1, 0.15) is 51.2 Å². The van der Waals surface area contributed by atoms with Crippen LogP contribution in [0.4, 0.5) is 4.39 Å². The van der Waals surface area contributed by atoms with E-state index in [1.807, 2.05) is 32.9 Å². The Balaban J connectivity index is 2.46. The van der Waals surface area contributed by atoms with Crippen molar-refractivity contribution in [3.63, 3.8) is 0 Å². The molecule has 0 unspecified atom stereocenters. The lowest BCUT2D eigenvalue weighted by Crippen LogP contribution is -2.04. The summed E-state index contributed by atoms with van der Waals surface area (Å²) in [5.41, 5.74) is 3.00. The monoisotopic (exact) mass is 385 g/mol. The van der Waals surface area contributed by atoms with Gasteiger partial charge in [-0.05, 0) is 69.7 Å². The maximum atomic E-state index is 12.5. The van der Waals surface area contributed by atoms with E-state index < -0.39 is 5.29 Å². The number of nitrogens with zero attached hydrogens (tertiary/aromatic N) is 1. The smallest absolute Gasteiger partial charge is 0.188 e. The first-order valence-electron chi connectivity index (χ1n) is 8.97. The van der Waals surface area contributed by atoms with Crippen molar-refractivity contribution in [1.29, 1.82) is 0 Å². The predicted octanol–water partition coefficient (Wildman–Crippen LogP) is 5.95. The number of hydrogen-bond acceptors (Lipinski definition) is 4. The molecule has 0 aliphatic rings. The summed E-state index contributed by atoms with van der Waals surface area (Å²) in [5, 5.41) is 3.14. The van der Waals surface area contributed by atoms with E-state index in [0.29, 0.717) is 19.0 Å². The highest BCUT2D eigenvalue weighted by molar-refractivity contribution is 6.28. The molecule has 0 aliphatic carbocycles. The molecule has 0 radical (unpaired) electrons. The van der Waals surface area contributed by atoms with E-state index in [9.17, 15) is 4.39 Å². The fourth-order valence-corrected chi connectivity index (χ4v) is 2.42. The van der Waals surface area contributed by atoms with Crippen molar-refractivity contribution in [2.45, 2.75) is 53.4 Å². The molecule has 1 rings (SSSR count). The Morgan fingerprint density at radius 3 is 2.54 bits per heavy atom. The molecule has 0 heterocycles. The van der Waals surface area contributed by atoms with E-state index in [2.05, 4.69) is 12.1 Å². The molecular formula is C20H29ClFNO3. The van der Waals surface area contributed by atoms with Gasteiger partial charge in [0.05, 0.1) is 12.3 Å². The highest BCUT2D eigenvalue weighted by Crippen LogP contribution is 2.30. The average Bonchev–Trinajstić information content (AvgIpc) is 2.57. The Hall–Kier alpha value is -1.75. The van der Waals surface area contributed by atoms with Crippen LogP contribution >= 0.6 is 11.6 Å². The van der Waals surface area contributed by atoms with Gasteiger partial charge in [-0.2, -0.15) is 4.39 Å². The SMILES string of the molecule is CCc1cc(OC/C=C(/F)Cl)cc(C)c1OCCCCCON=C(C)C. The number of aryl methyl sites for hydroxylation is 2. The average molecular weight is 386 g/mol. The second-order valence-corrected chi connectivity index (χ2v) is 6.53. The van der Waals surface area contributed by atoms with Crippen LogP contribution in [-0.4, -0.2) is 25.5 Å². The van der Waals surface area contributed by atoms with E-state index in [1.54, 1.807) is 0 Å². The Labute approximate surface area is 161 Å². The van der Waals surface area contributed by atoms with Gasteiger partial charge in [-0.3, -0.25) is 0 Å². The molecule has 0 amide bonds. The lowest BCUT2D eigenvalue weighted by molar-refractivity contribution is 0.138. The minimum absolute atomic E-state index is 0.0990. The summed E-state index contributed by atoms with van der Waals surface area (Å²) in [6, 6.07) is 3.83. The first kappa shape index (κ1) is 22.3. The van der Waals surface area contributed by atoms with Gasteiger partial charge in [-0.15, -0.1) is 0 Å². The van der Waals surface area contributed by atoms with Gasteiger partial charge in [0, 0.05) is 6.08 Å². The van der Waals surface area contributed by atoms with Crippen molar-refractivity contribution in [2.24, 2.45) is 5.16 Å². The molecule has 0 aromatic heterocycles. The zero-order valence-corrected chi connectivity index (χ0v) is 16.9. The zero-order valence-electron chi connectivity index (χ0n) is 16.1. The second kappa shape index (κ2) is 12.6. The summed E-state index contributed by atoms with van der Waals surface area (Å²) in [6.07, 6.45) is 4.95. The van der Waals surface area contributed by atoms with Gasteiger partial charge in [0.1, 0.15) is 24.7 Å². The molecule has 0 spiro atoms. The summed E-state index contributed by atoms with van der Waals surface area (Å²) in [6.45, 7) is 9.25. The van der Waals surface area contributed by atoms with Crippen LogP contribution in [0.5, 0.6) is 11.5 Å². The molecule has 146 valence electrons. The third-order valence-electron chi connectivity index (χ3n) is 3.57. The van der Waals surface area contributed by atoms with E-state index >= 15 is 0 Å². The molecular weight excluding hydrogens is 357 g/mol. The normalized spacial score (nSPS) is 11.2. The maximum Gasteiger partial charge on any atom is 0.188 e. The Morgan fingerprint density at radius 2 is 1.88 bits per heavy atom. The Bertz CT molecular complexity index is 609. The van der Waals surface area contributed by atoms with Crippen LogP contribution in [0.25, 0.3) is 0 Å². The molecule has 0 saturated heterocycles. The standard InChI is InChI=1S/C20H29ClFNO3/c1-5-17-14-18(24-12-9-19(21)22)13-16(4)20(17)25-10-7-6-8-11-26-23-15(2)3/h9,13-14H,5-8,10-12H2,1-4H3/b19-9+. The van der Waals surface area contributed by atoms with Crippen molar-refractivity contribution in [3.8, 4) is 11.5 Å². The molecule has 6 heteroatoms. The molecule has 0 aliphatic heterocycles. The largest absolute Gasteiger partial charge is 0.493 e. The minimum Gasteiger partial charge on any atom is -0.493 e. The van der Waals surface area contributed by atoms with E-state index in [-0.39, 0.29) is 6.61 Å². The molecule has 0 atom stereocenters. The first-order chi connectivity index (χ1) is 12.4. The number of unbranched alkanes of at least 4 members (excludes halogenated alkanes) is 2. The number of oxime groups is 1. The fraction of sp³-hybridized carbons (Fsp3) is 0.550. The molecule has 0 N–H and O–H groups in total. The van der Waals surface area contributed by atoms with Gasteiger partial charge in [-0.1, -0.05) is 23.7 Å². The van der Waals surface area contributed by atoms with E-state index in [4.69, 9.17) is 25.9 Å². The minimum atomic E-state index is -0.764. The third-order valence-corrected chi connectivity index (χ3v) is 3.72. The quantitative estimate of drug-likeness (QED) is 0.253. The van der Waals surface area contributed by atoms with Crippen molar-refractivity contribution in [2.75, 3.05) is 19.8 Å². The highest BCUT2D eigenvalue weighted by Gasteiger charge is 2.09. The molecule has 26 heavy (non-hydrogen) atoms. The lowest BCUT2D eigenvalue weighted by Gasteiger charge is -2.15. The number of ether oxygens (including phenoxy) is 2. The van der Waals surface area contributed by atoms with Crippen LogP contribution in [0.3, 0.4) is 0 Å². The lowest BCUT2D eigenvalue weighted by atomic mass is 10.1. The van der Waals surface area contributed by atoms with E-state index in [1.165, 1.54) is 6.08 Å². The highest BCUT2D eigenvalue weighted by atomic mass is 35.5. The summed E-state index contributed by atoms with van der Waals surface area (Å²) < 4.78 is 24.0. The van der Waals surface area contributed by atoms with E-state index in [0.717, 1.165) is 48.3 Å². The van der Waals surface area contributed by atoms with Crippen LogP contribution < -0.4 is 9.47 Å². The first-order valence-corrected chi connectivity index (χ1v) is 9.35. The number of hydrogen-bond donors (Lipinski definition) is 0. The molecule has 0 fully saturated rings. The van der Waals surface area contributed by atoms with Crippen molar-refractivity contribution >= 4 is 17.3 Å². The van der Waals surface area contributed by atoms with Crippen molar-refractivity contribution in [3.05, 3.63) is 34.6 Å². The topological polar surface area (TPSA) is 40.0 Å². The van der Waals surface area contributed by atoms with Gasteiger partial charge < -0.3 is 14.3 Å². The Kier molecular flexibility index (Phi) is 10.8. The van der Waals surface area contributed by atoms with Gasteiger partial charge in [0.25, 0.3) is 0 Å². The maximum absolute atomic E-state index is 12.5. The molecule has 1 aromatic carbocycles. The summed E-state index contributed by atoms with van der Waals surface area (Å²) in [7, 11) is 0. The number of halogens is 2. The summed E-state index contributed by atoms with van der Waals surface area (Å²) >= 11 is 5.16. The second-order valence-electron chi connectivity index (χ2n) is 6.17. The molecule has 0 bridgehead atoms. The summed E-state index contributed by atoms with van der Waals surface area (Å²) in [5.74, 6) is 1.59. The molecule has 0 saturated carbocycles. The fourth-order valence-electron chi connectivity index (χ4n) is 2.36. The summed E-state index contributed by atoms with van der Waals surface area (Å²) in [4.78, 5) is 5.17. The van der Waals surface area contributed by atoms with Crippen LogP contribution in [-0.2, 0) is 11.3 Å². The molecule has 4 nitrogen and oxygen atoms in total. The van der Waals surface area contributed by atoms with Crippen LogP contribution in [0, 0.1) is 6.92 Å². The Morgan fingerprint density at radius 1 is 1.15 bits per heavy atom. The zero-order chi connectivity index (χ0) is 19.4. The predicted molar refractivity (Wildman–Crippen MR) is 105 cm³/mol. The van der Waals surface area contributed by atoms with Crippen LogP contribution in [0.15, 0.2) is 28.7 Å². The number of rotatable bonds is 12. The van der Waals surface area contributed by atoms with Gasteiger partial charge in [0.2, 0.25) is 0 Å². The molecule has 1 aromatic rings. The van der Waals surface area contributed by atoms with Gasteiger partial charge in [0.15, 0.2) is 5.29 Å².